The van der Waals surface area contributed by atoms with Crippen LogP contribution < -0.4 is 14.2 Å². The number of benzene rings is 2. The Labute approximate surface area is 138 Å². The maximum absolute atomic E-state index is 12.1. The quantitative estimate of drug-likeness (QED) is 0.744. The lowest BCUT2D eigenvalue weighted by molar-refractivity contribution is 0.321. The maximum Gasteiger partial charge on any atom is 0.240 e. The highest BCUT2D eigenvalue weighted by Crippen LogP contribution is 2.23. The van der Waals surface area contributed by atoms with Crippen LogP contribution in [0.15, 0.2) is 57.9 Å². The van der Waals surface area contributed by atoms with Crippen molar-refractivity contribution in [1.29, 1.82) is 0 Å². The fourth-order valence-electron chi connectivity index (χ4n) is 1.74. The normalized spacial score (nSPS) is 11.2. The van der Waals surface area contributed by atoms with Gasteiger partial charge in [-0.1, -0.05) is 12.1 Å². The van der Waals surface area contributed by atoms with E-state index in [0.29, 0.717) is 11.5 Å². The summed E-state index contributed by atoms with van der Waals surface area (Å²) in [5.41, 5.74) is 0. The molecule has 2 rings (SSSR count). The average Bonchev–Trinajstić information content (AvgIpc) is 2.53. The largest absolute Gasteiger partial charge is 0.497 e. The summed E-state index contributed by atoms with van der Waals surface area (Å²) in [6.45, 7) is 0.410. The molecule has 0 radical (unpaired) electrons. The van der Waals surface area contributed by atoms with Crippen molar-refractivity contribution in [3.05, 3.63) is 53.0 Å². The highest BCUT2D eigenvalue weighted by molar-refractivity contribution is 9.10. The molecule has 2 aromatic carbocycles. The van der Waals surface area contributed by atoms with Gasteiger partial charge in [0.05, 0.1) is 16.5 Å². The second-order valence-electron chi connectivity index (χ2n) is 4.35. The minimum Gasteiger partial charge on any atom is -0.497 e. The summed E-state index contributed by atoms with van der Waals surface area (Å²) >= 11 is 3.36. The number of hydrogen-bond donors (Lipinski definition) is 1. The highest BCUT2D eigenvalue weighted by Gasteiger charge is 2.13. The molecule has 2 aromatic rings. The Morgan fingerprint density at radius 1 is 1.09 bits per heavy atom. The van der Waals surface area contributed by atoms with Gasteiger partial charge in [-0.25, -0.2) is 13.1 Å². The van der Waals surface area contributed by atoms with Crippen LogP contribution in [-0.4, -0.2) is 28.7 Å². The standard InChI is InChI=1S/C15H16BrNO4S/c1-20-12-6-8-13(9-7-12)22(18,19)17-10-11-21-15-5-3-2-4-14(15)16/h2-9,17H,10-11H2,1H3. The number of sulfonamides is 1. The summed E-state index contributed by atoms with van der Waals surface area (Å²) in [6.07, 6.45) is 0. The molecule has 0 heterocycles. The van der Waals surface area contributed by atoms with Crippen LogP contribution in [0.25, 0.3) is 0 Å². The first-order chi connectivity index (χ1) is 10.5. The van der Waals surface area contributed by atoms with Crippen molar-refractivity contribution in [3.63, 3.8) is 0 Å². The first-order valence-corrected chi connectivity index (χ1v) is 8.81. The number of para-hydroxylation sites is 1. The van der Waals surface area contributed by atoms with Gasteiger partial charge in [-0.15, -0.1) is 0 Å². The molecule has 0 bridgehead atoms. The van der Waals surface area contributed by atoms with Crippen molar-refractivity contribution in [2.24, 2.45) is 0 Å². The molecule has 0 saturated carbocycles. The van der Waals surface area contributed by atoms with Crippen molar-refractivity contribution in [2.75, 3.05) is 20.3 Å². The van der Waals surface area contributed by atoms with Crippen LogP contribution in [0.1, 0.15) is 0 Å². The number of ether oxygens (including phenoxy) is 2. The van der Waals surface area contributed by atoms with Gasteiger partial charge in [0, 0.05) is 6.54 Å². The molecular formula is C15H16BrNO4S. The van der Waals surface area contributed by atoms with E-state index in [1.54, 1.807) is 12.1 Å². The van der Waals surface area contributed by atoms with Crippen LogP contribution >= 0.6 is 15.9 Å². The third kappa shape index (κ3) is 4.46. The number of hydrogen-bond acceptors (Lipinski definition) is 4. The molecule has 0 unspecified atom stereocenters. The van der Waals surface area contributed by atoms with Gasteiger partial charge in [0.25, 0.3) is 0 Å². The minimum absolute atomic E-state index is 0.176. The van der Waals surface area contributed by atoms with Crippen LogP contribution in [0.4, 0.5) is 0 Å². The van der Waals surface area contributed by atoms with Gasteiger partial charge < -0.3 is 9.47 Å². The molecule has 0 aliphatic rings. The molecule has 0 saturated heterocycles. The van der Waals surface area contributed by atoms with E-state index in [9.17, 15) is 8.42 Å². The van der Waals surface area contributed by atoms with Gasteiger partial charge >= 0.3 is 0 Å². The summed E-state index contributed by atoms with van der Waals surface area (Å²) in [7, 11) is -2.02. The Morgan fingerprint density at radius 2 is 1.77 bits per heavy atom. The van der Waals surface area contributed by atoms with Crippen molar-refractivity contribution in [3.8, 4) is 11.5 Å². The zero-order valence-electron chi connectivity index (χ0n) is 12.0. The first-order valence-electron chi connectivity index (χ1n) is 6.54. The number of rotatable bonds is 7. The Kier molecular flexibility index (Phi) is 5.82. The van der Waals surface area contributed by atoms with E-state index in [1.807, 2.05) is 24.3 Å². The van der Waals surface area contributed by atoms with E-state index in [0.717, 1.165) is 4.47 Å². The predicted octanol–water partition coefficient (Wildman–Crippen LogP) is 2.82. The molecule has 0 aromatic heterocycles. The van der Waals surface area contributed by atoms with Gasteiger partial charge in [0.15, 0.2) is 0 Å². The molecule has 0 amide bonds. The van der Waals surface area contributed by atoms with Crippen LogP contribution in [0, 0.1) is 0 Å². The van der Waals surface area contributed by atoms with E-state index in [-0.39, 0.29) is 18.0 Å². The molecule has 0 aliphatic heterocycles. The van der Waals surface area contributed by atoms with Crippen LogP contribution in [0.2, 0.25) is 0 Å². The van der Waals surface area contributed by atoms with Crippen molar-refractivity contribution < 1.29 is 17.9 Å². The molecule has 0 spiro atoms. The van der Waals surface area contributed by atoms with Crippen molar-refractivity contribution in [1.82, 2.24) is 4.72 Å². The molecule has 22 heavy (non-hydrogen) atoms. The van der Waals surface area contributed by atoms with Crippen LogP contribution in [0.5, 0.6) is 11.5 Å². The van der Waals surface area contributed by atoms with Crippen LogP contribution in [0.3, 0.4) is 0 Å². The lowest BCUT2D eigenvalue weighted by Crippen LogP contribution is -2.28. The second kappa shape index (κ2) is 7.62. The van der Waals surface area contributed by atoms with E-state index < -0.39 is 10.0 Å². The highest BCUT2D eigenvalue weighted by atomic mass is 79.9. The Hall–Kier alpha value is -1.57. The maximum atomic E-state index is 12.1. The number of methoxy groups -OCH3 is 1. The first kappa shape index (κ1) is 16.8. The van der Waals surface area contributed by atoms with Crippen LogP contribution in [-0.2, 0) is 10.0 Å². The molecule has 118 valence electrons. The zero-order chi connectivity index (χ0) is 16.0. The Bertz CT molecular complexity index is 717. The molecule has 0 aliphatic carbocycles. The zero-order valence-corrected chi connectivity index (χ0v) is 14.4. The number of halogens is 1. The third-order valence-corrected chi connectivity index (χ3v) is 4.99. The van der Waals surface area contributed by atoms with Gasteiger partial charge in [0.1, 0.15) is 18.1 Å². The fraction of sp³-hybridized carbons (Fsp3) is 0.200. The molecule has 1 N–H and O–H groups in total. The summed E-state index contributed by atoms with van der Waals surface area (Å²) in [5, 5.41) is 0. The van der Waals surface area contributed by atoms with E-state index in [4.69, 9.17) is 9.47 Å². The smallest absolute Gasteiger partial charge is 0.240 e. The summed E-state index contributed by atoms with van der Waals surface area (Å²) < 4.78 is 38.0. The van der Waals surface area contributed by atoms with Gasteiger partial charge in [0.2, 0.25) is 10.0 Å². The minimum atomic E-state index is -3.55. The lowest BCUT2D eigenvalue weighted by atomic mass is 10.3. The van der Waals surface area contributed by atoms with E-state index >= 15 is 0 Å². The monoisotopic (exact) mass is 385 g/mol. The second-order valence-corrected chi connectivity index (χ2v) is 6.97. The van der Waals surface area contributed by atoms with Crippen molar-refractivity contribution >= 4 is 26.0 Å². The lowest BCUT2D eigenvalue weighted by Gasteiger charge is -2.10. The van der Waals surface area contributed by atoms with Gasteiger partial charge in [-0.05, 0) is 52.3 Å². The SMILES string of the molecule is COc1ccc(S(=O)(=O)NCCOc2ccccc2Br)cc1. The summed E-state index contributed by atoms with van der Waals surface area (Å²) in [4.78, 5) is 0.189. The number of nitrogens with one attached hydrogen (secondary N) is 1. The van der Waals surface area contributed by atoms with Crippen molar-refractivity contribution in [2.45, 2.75) is 4.90 Å². The summed E-state index contributed by atoms with van der Waals surface area (Å²) in [5.74, 6) is 1.28. The van der Waals surface area contributed by atoms with E-state index in [1.165, 1.54) is 19.2 Å². The molecule has 0 atom stereocenters. The van der Waals surface area contributed by atoms with Gasteiger partial charge in [-0.3, -0.25) is 0 Å². The Balaban J connectivity index is 1.88. The molecule has 0 fully saturated rings. The topological polar surface area (TPSA) is 64.6 Å². The van der Waals surface area contributed by atoms with E-state index in [2.05, 4.69) is 20.7 Å². The summed E-state index contributed by atoms with van der Waals surface area (Å²) in [6, 6.07) is 13.6. The fourth-order valence-corrected chi connectivity index (χ4v) is 3.15. The predicted molar refractivity (Wildman–Crippen MR) is 87.8 cm³/mol. The third-order valence-electron chi connectivity index (χ3n) is 2.86. The average molecular weight is 386 g/mol. The molecule has 5 nitrogen and oxygen atoms in total. The molecule has 7 heteroatoms. The van der Waals surface area contributed by atoms with Gasteiger partial charge in [-0.2, -0.15) is 0 Å². The Morgan fingerprint density at radius 3 is 2.41 bits per heavy atom. The molecular weight excluding hydrogens is 370 g/mol.